The number of rotatable bonds is 4. The minimum absolute atomic E-state index is 0.0200. The minimum atomic E-state index is -3.16. The van der Waals surface area contributed by atoms with E-state index in [1.165, 1.54) is 12.6 Å². The van der Waals surface area contributed by atoms with Gasteiger partial charge < -0.3 is 5.32 Å². The van der Waals surface area contributed by atoms with Gasteiger partial charge in [-0.1, -0.05) is 12.1 Å². The summed E-state index contributed by atoms with van der Waals surface area (Å²) >= 11 is 0. The van der Waals surface area contributed by atoms with Gasteiger partial charge in [-0.2, -0.15) is 0 Å². The fraction of sp³-hybridized carbons (Fsp3) is 0.333. The summed E-state index contributed by atoms with van der Waals surface area (Å²) in [5, 5.41) is 3.32. The van der Waals surface area contributed by atoms with Crippen molar-refractivity contribution >= 4 is 15.7 Å². The molecule has 0 aliphatic carbocycles. The Kier molecular flexibility index (Phi) is 4.27. The number of aromatic nitrogens is 2. The molecule has 0 fully saturated rings. The molecule has 1 N–H and O–H groups in total. The number of hydrogen-bond donors (Lipinski definition) is 1. The molecule has 6 heteroatoms. The predicted molar refractivity (Wildman–Crippen MR) is 83.1 cm³/mol. The molecule has 1 heterocycles. The third-order valence-corrected chi connectivity index (χ3v) is 4.63. The predicted octanol–water partition coefficient (Wildman–Crippen LogP) is 2.67. The van der Waals surface area contributed by atoms with Crippen LogP contribution in [-0.4, -0.2) is 24.6 Å². The molecule has 0 saturated heterocycles. The van der Waals surface area contributed by atoms with Crippen molar-refractivity contribution in [3.8, 4) is 0 Å². The van der Waals surface area contributed by atoms with Gasteiger partial charge in [0.05, 0.1) is 4.90 Å². The second-order valence-corrected chi connectivity index (χ2v) is 7.16. The Morgan fingerprint density at radius 3 is 2.29 bits per heavy atom. The smallest absolute Gasteiger partial charge is 0.175 e. The van der Waals surface area contributed by atoms with Crippen LogP contribution in [0.5, 0.6) is 0 Å². The topological polar surface area (TPSA) is 72.0 Å². The van der Waals surface area contributed by atoms with E-state index in [0.717, 1.165) is 22.6 Å². The first-order valence-electron chi connectivity index (χ1n) is 6.64. The van der Waals surface area contributed by atoms with Crippen LogP contribution in [0.2, 0.25) is 0 Å². The summed E-state index contributed by atoms with van der Waals surface area (Å²) in [6.45, 7) is 5.91. The number of nitrogens with zero attached hydrogens (tertiary/aromatic N) is 2. The van der Waals surface area contributed by atoms with Gasteiger partial charge in [-0.3, -0.25) is 0 Å². The molecule has 0 amide bonds. The van der Waals surface area contributed by atoms with Gasteiger partial charge in [-0.15, -0.1) is 0 Å². The maximum absolute atomic E-state index is 11.5. The largest absolute Gasteiger partial charge is 0.363 e. The molecule has 0 aliphatic heterocycles. The molecule has 1 atom stereocenters. The van der Waals surface area contributed by atoms with Crippen LogP contribution in [0.3, 0.4) is 0 Å². The first-order chi connectivity index (χ1) is 9.79. The monoisotopic (exact) mass is 305 g/mol. The van der Waals surface area contributed by atoms with Crippen LogP contribution in [0.15, 0.2) is 35.5 Å². The first-order valence-corrected chi connectivity index (χ1v) is 8.53. The molecular weight excluding hydrogens is 286 g/mol. The van der Waals surface area contributed by atoms with Gasteiger partial charge in [0.25, 0.3) is 0 Å². The maximum atomic E-state index is 11.5. The SMILES string of the molecule is Cc1ncnc(NC(C)c2ccc(S(C)(=O)=O)cc2)c1C. The summed E-state index contributed by atoms with van der Waals surface area (Å²) < 4.78 is 22.9. The highest BCUT2D eigenvalue weighted by Gasteiger charge is 2.11. The maximum Gasteiger partial charge on any atom is 0.175 e. The van der Waals surface area contributed by atoms with Crippen LogP contribution < -0.4 is 5.32 Å². The molecule has 2 rings (SSSR count). The minimum Gasteiger partial charge on any atom is -0.363 e. The van der Waals surface area contributed by atoms with E-state index in [4.69, 9.17) is 0 Å². The number of hydrogen-bond acceptors (Lipinski definition) is 5. The van der Waals surface area contributed by atoms with Crippen LogP contribution in [0, 0.1) is 13.8 Å². The van der Waals surface area contributed by atoms with Gasteiger partial charge in [0, 0.05) is 23.6 Å². The van der Waals surface area contributed by atoms with E-state index in [2.05, 4.69) is 15.3 Å². The zero-order chi connectivity index (χ0) is 15.6. The average molecular weight is 305 g/mol. The molecule has 0 radical (unpaired) electrons. The fourth-order valence-electron chi connectivity index (χ4n) is 1.98. The summed E-state index contributed by atoms with van der Waals surface area (Å²) in [6.07, 6.45) is 2.74. The molecule has 0 aliphatic rings. The normalized spacial score (nSPS) is 13.0. The molecule has 21 heavy (non-hydrogen) atoms. The van der Waals surface area contributed by atoms with E-state index < -0.39 is 9.84 Å². The van der Waals surface area contributed by atoms with Crippen molar-refractivity contribution in [3.05, 3.63) is 47.4 Å². The van der Waals surface area contributed by atoms with Gasteiger partial charge in [0.2, 0.25) is 0 Å². The van der Waals surface area contributed by atoms with Crippen molar-refractivity contribution in [1.82, 2.24) is 9.97 Å². The lowest BCUT2D eigenvalue weighted by Gasteiger charge is -2.17. The molecule has 5 nitrogen and oxygen atoms in total. The third kappa shape index (κ3) is 3.58. The van der Waals surface area contributed by atoms with Crippen molar-refractivity contribution < 1.29 is 8.42 Å². The van der Waals surface area contributed by atoms with E-state index >= 15 is 0 Å². The lowest BCUT2D eigenvalue weighted by molar-refractivity contribution is 0.602. The van der Waals surface area contributed by atoms with Crippen molar-refractivity contribution in [2.24, 2.45) is 0 Å². The van der Waals surface area contributed by atoms with Crippen LogP contribution >= 0.6 is 0 Å². The second kappa shape index (κ2) is 5.81. The third-order valence-electron chi connectivity index (χ3n) is 3.50. The first kappa shape index (κ1) is 15.4. The summed E-state index contributed by atoms with van der Waals surface area (Å²) in [5.41, 5.74) is 2.95. The highest BCUT2D eigenvalue weighted by molar-refractivity contribution is 7.90. The molecule has 0 bridgehead atoms. The molecule has 112 valence electrons. The Labute approximate surface area is 125 Å². The highest BCUT2D eigenvalue weighted by Crippen LogP contribution is 2.22. The van der Waals surface area contributed by atoms with Gasteiger partial charge in [-0.05, 0) is 38.5 Å². The zero-order valence-electron chi connectivity index (χ0n) is 12.6. The molecule has 0 spiro atoms. The zero-order valence-corrected chi connectivity index (χ0v) is 13.4. The molecule has 1 aromatic carbocycles. The summed E-state index contributed by atoms with van der Waals surface area (Å²) in [5.74, 6) is 0.794. The number of benzene rings is 1. The van der Waals surface area contributed by atoms with Gasteiger partial charge >= 0.3 is 0 Å². The van der Waals surface area contributed by atoms with E-state index in [-0.39, 0.29) is 6.04 Å². The molecule has 0 saturated carbocycles. The summed E-state index contributed by atoms with van der Waals surface area (Å²) in [6, 6.07) is 6.91. The van der Waals surface area contributed by atoms with Crippen LogP contribution in [0.25, 0.3) is 0 Å². The standard InChI is InChI=1S/C15H19N3O2S/c1-10-11(2)16-9-17-15(10)18-12(3)13-5-7-14(8-6-13)21(4,19)20/h5-9,12H,1-4H3,(H,16,17,18). The van der Waals surface area contributed by atoms with Crippen LogP contribution in [-0.2, 0) is 9.84 Å². The van der Waals surface area contributed by atoms with E-state index in [1.54, 1.807) is 12.1 Å². The quantitative estimate of drug-likeness (QED) is 0.940. The van der Waals surface area contributed by atoms with Gasteiger partial charge in [0.15, 0.2) is 9.84 Å². The second-order valence-electron chi connectivity index (χ2n) is 5.14. The summed E-state index contributed by atoms with van der Waals surface area (Å²) in [7, 11) is -3.16. The van der Waals surface area contributed by atoms with Crippen LogP contribution in [0.1, 0.15) is 29.8 Å². The van der Waals surface area contributed by atoms with E-state index in [1.807, 2.05) is 32.9 Å². The van der Waals surface area contributed by atoms with Gasteiger partial charge in [0.1, 0.15) is 12.1 Å². The molecule has 2 aromatic rings. The van der Waals surface area contributed by atoms with E-state index in [9.17, 15) is 8.42 Å². The Morgan fingerprint density at radius 1 is 1.10 bits per heavy atom. The van der Waals surface area contributed by atoms with Gasteiger partial charge in [-0.25, -0.2) is 18.4 Å². The fourth-order valence-corrected chi connectivity index (χ4v) is 2.61. The lowest BCUT2D eigenvalue weighted by Crippen LogP contribution is -2.10. The number of nitrogens with one attached hydrogen (secondary N) is 1. The molecule has 1 aromatic heterocycles. The van der Waals surface area contributed by atoms with Crippen molar-refractivity contribution in [1.29, 1.82) is 0 Å². The van der Waals surface area contributed by atoms with Crippen LogP contribution in [0.4, 0.5) is 5.82 Å². The molecule has 1 unspecified atom stereocenters. The lowest BCUT2D eigenvalue weighted by atomic mass is 10.1. The number of sulfone groups is 1. The highest BCUT2D eigenvalue weighted by atomic mass is 32.2. The Hall–Kier alpha value is -1.95. The van der Waals surface area contributed by atoms with Crippen molar-refractivity contribution in [2.45, 2.75) is 31.7 Å². The average Bonchev–Trinajstić information content (AvgIpc) is 2.43. The van der Waals surface area contributed by atoms with Crippen molar-refractivity contribution in [2.75, 3.05) is 11.6 Å². The number of anilines is 1. The number of aryl methyl sites for hydroxylation is 1. The summed E-state index contributed by atoms with van der Waals surface area (Å²) in [4.78, 5) is 8.71. The van der Waals surface area contributed by atoms with Crippen molar-refractivity contribution in [3.63, 3.8) is 0 Å². The Morgan fingerprint density at radius 2 is 1.71 bits per heavy atom. The van der Waals surface area contributed by atoms with E-state index in [0.29, 0.717) is 4.90 Å². The molecular formula is C15H19N3O2S. The Balaban J connectivity index is 2.21. The Bertz CT molecular complexity index is 740.